The quantitative estimate of drug-likeness (QED) is 0.717. The summed E-state index contributed by atoms with van der Waals surface area (Å²) in [6.45, 7) is 5.96. The van der Waals surface area contributed by atoms with E-state index in [1.165, 1.54) is 0 Å². The standard InChI is InChI=1S/C14H24O2/c1-4-6-11-8-13(16)9-12(7-5-2)14(11)10(3)15/h11-12,14H,4-9H2,1-3H3/t11-,12-/m1/s1. The van der Waals surface area contributed by atoms with E-state index in [1.54, 1.807) is 6.92 Å². The average molecular weight is 224 g/mol. The van der Waals surface area contributed by atoms with Gasteiger partial charge in [-0.2, -0.15) is 0 Å². The normalized spacial score (nSPS) is 27.1. The number of rotatable bonds is 5. The lowest BCUT2D eigenvalue weighted by molar-refractivity contribution is -0.132. The van der Waals surface area contributed by atoms with Gasteiger partial charge in [-0.1, -0.05) is 26.7 Å². The van der Waals surface area contributed by atoms with E-state index in [0.717, 1.165) is 25.7 Å². The number of carbonyl (C=O) groups excluding carboxylic acids is 2. The first-order chi connectivity index (χ1) is 7.60. The van der Waals surface area contributed by atoms with Crippen LogP contribution in [0.5, 0.6) is 0 Å². The first-order valence-electron chi connectivity index (χ1n) is 6.62. The van der Waals surface area contributed by atoms with Crippen molar-refractivity contribution in [3.63, 3.8) is 0 Å². The van der Waals surface area contributed by atoms with Crippen molar-refractivity contribution in [2.75, 3.05) is 0 Å². The largest absolute Gasteiger partial charge is 0.300 e. The minimum absolute atomic E-state index is 0.151. The second kappa shape index (κ2) is 6.17. The van der Waals surface area contributed by atoms with E-state index in [1.807, 2.05) is 0 Å². The van der Waals surface area contributed by atoms with Crippen LogP contribution < -0.4 is 0 Å². The second-order valence-electron chi connectivity index (χ2n) is 5.18. The molecule has 2 heteroatoms. The van der Waals surface area contributed by atoms with Crippen LogP contribution in [-0.4, -0.2) is 11.6 Å². The van der Waals surface area contributed by atoms with Gasteiger partial charge in [-0.3, -0.25) is 9.59 Å². The Bertz CT molecular complexity index is 239. The summed E-state index contributed by atoms with van der Waals surface area (Å²) < 4.78 is 0. The van der Waals surface area contributed by atoms with Crippen LogP contribution in [0.2, 0.25) is 0 Å². The van der Waals surface area contributed by atoms with E-state index in [9.17, 15) is 9.59 Å². The van der Waals surface area contributed by atoms with Crippen LogP contribution in [0.1, 0.15) is 59.3 Å². The molecule has 0 saturated heterocycles. The van der Waals surface area contributed by atoms with E-state index >= 15 is 0 Å². The lowest BCUT2D eigenvalue weighted by Crippen LogP contribution is -2.37. The van der Waals surface area contributed by atoms with Gasteiger partial charge in [0.2, 0.25) is 0 Å². The predicted octanol–water partition coefficient (Wildman–Crippen LogP) is 3.39. The summed E-state index contributed by atoms with van der Waals surface area (Å²) in [5, 5.41) is 0. The fourth-order valence-corrected chi connectivity index (χ4v) is 3.28. The number of carbonyl (C=O) groups is 2. The van der Waals surface area contributed by atoms with Crippen molar-refractivity contribution >= 4 is 11.6 Å². The fourth-order valence-electron chi connectivity index (χ4n) is 3.28. The molecular formula is C14H24O2. The Kier molecular flexibility index (Phi) is 5.17. The summed E-state index contributed by atoms with van der Waals surface area (Å²) in [6.07, 6.45) is 5.46. The highest BCUT2D eigenvalue weighted by molar-refractivity contribution is 5.85. The molecule has 0 amide bonds. The van der Waals surface area contributed by atoms with E-state index in [0.29, 0.717) is 36.2 Å². The summed E-state index contributed by atoms with van der Waals surface area (Å²) in [5.74, 6) is 1.46. The van der Waals surface area contributed by atoms with E-state index < -0.39 is 0 Å². The third-order valence-corrected chi connectivity index (χ3v) is 3.78. The molecule has 1 saturated carbocycles. The third kappa shape index (κ3) is 3.16. The summed E-state index contributed by atoms with van der Waals surface area (Å²) in [7, 11) is 0. The van der Waals surface area contributed by atoms with Crippen LogP contribution in [-0.2, 0) is 9.59 Å². The summed E-state index contributed by atoms with van der Waals surface area (Å²) >= 11 is 0. The lowest BCUT2D eigenvalue weighted by atomic mass is 9.67. The number of ketones is 2. The molecule has 0 N–H and O–H groups in total. The van der Waals surface area contributed by atoms with Gasteiger partial charge >= 0.3 is 0 Å². The molecule has 0 aromatic heterocycles. The van der Waals surface area contributed by atoms with Crippen molar-refractivity contribution in [3.05, 3.63) is 0 Å². The van der Waals surface area contributed by atoms with Crippen molar-refractivity contribution in [3.8, 4) is 0 Å². The Morgan fingerprint density at radius 2 is 1.56 bits per heavy atom. The molecular weight excluding hydrogens is 200 g/mol. The van der Waals surface area contributed by atoms with Gasteiger partial charge in [0.1, 0.15) is 11.6 Å². The summed E-state index contributed by atoms with van der Waals surface area (Å²) in [6, 6.07) is 0. The first-order valence-corrected chi connectivity index (χ1v) is 6.62. The molecule has 92 valence electrons. The van der Waals surface area contributed by atoms with Gasteiger partial charge in [0.15, 0.2) is 0 Å². The summed E-state index contributed by atoms with van der Waals surface area (Å²) in [4.78, 5) is 23.5. The fraction of sp³-hybridized carbons (Fsp3) is 0.857. The smallest absolute Gasteiger partial charge is 0.133 e. The van der Waals surface area contributed by atoms with E-state index in [-0.39, 0.29) is 5.92 Å². The van der Waals surface area contributed by atoms with Crippen LogP contribution in [0.3, 0.4) is 0 Å². The van der Waals surface area contributed by atoms with Crippen molar-refractivity contribution in [1.82, 2.24) is 0 Å². The zero-order valence-corrected chi connectivity index (χ0v) is 10.8. The average Bonchev–Trinajstić information content (AvgIpc) is 2.17. The van der Waals surface area contributed by atoms with Gasteiger partial charge in [-0.15, -0.1) is 0 Å². The van der Waals surface area contributed by atoms with Crippen molar-refractivity contribution < 1.29 is 9.59 Å². The molecule has 1 fully saturated rings. The highest BCUT2D eigenvalue weighted by Crippen LogP contribution is 2.38. The topological polar surface area (TPSA) is 34.1 Å². The molecule has 2 nitrogen and oxygen atoms in total. The molecule has 1 aliphatic rings. The first kappa shape index (κ1) is 13.4. The van der Waals surface area contributed by atoms with Gasteiger partial charge in [0.25, 0.3) is 0 Å². The van der Waals surface area contributed by atoms with Crippen LogP contribution in [0.25, 0.3) is 0 Å². The van der Waals surface area contributed by atoms with Crippen LogP contribution in [0.4, 0.5) is 0 Å². The monoisotopic (exact) mass is 224 g/mol. The van der Waals surface area contributed by atoms with Crippen molar-refractivity contribution in [2.45, 2.75) is 59.3 Å². The Balaban J connectivity index is 2.80. The molecule has 16 heavy (non-hydrogen) atoms. The van der Waals surface area contributed by atoms with Crippen molar-refractivity contribution in [2.24, 2.45) is 17.8 Å². The molecule has 1 aliphatic carbocycles. The molecule has 0 spiro atoms. The SMILES string of the molecule is CCC[C@@H]1CC(=O)C[C@@H](CCC)C1C(C)=O. The van der Waals surface area contributed by atoms with Crippen molar-refractivity contribution in [1.29, 1.82) is 0 Å². The molecule has 0 bridgehead atoms. The minimum atomic E-state index is 0.151. The van der Waals surface area contributed by atoms with Gasteiger partial charge in [-0.05, 0) is 31.6 Å². The van der Waals surface area contributed by atoms with Gasteiger partial charge in [0, 0.05) is 18.8 Å². The Morgan fingerprint density at radius 3 is 1.88 bits per heavy atom. The Hall–Kier alpha value is -0.660. The molecule has 2 atom stereocenters. The summed E-state index contributed by atoms with van der Waals surface area (Å²) in [5.41, 5.74) is 0. The molecule has 0 heterocycles. The van der Waals surface area contributed by atoms with Gasteiger partial charge < -0.3 is 0 Å². The highest BCUT2D eigenvalue weighted by atomic mass is 16.1. The van der Waals surface area contributed by atoms with Crippen LogP contribution >= 0.6 is 0 Å². The van der Waals surface area contributed by atoms with E-state index in [4.69, 9.17) is 0 Å². The maximum absolute atomic E-state index is 11.8. The maximum Gasteiger partial charge on any atom is 0.133 e. The molecule has 0 aromatic rings. The number of hydrogen-bond acceptors (Lipinski definition) is 2. The zero-order valence-electron chi connectivity index (χ0n) is 10.8. The van der Waals surface area contributed by atoms with Crippen LogP contribution in [0.15, 0.2) is 0 Å². The molecule has 0 aromatic carbocycles. The maximum atomic E-state index is 11.8. The highest BCUT2D eigenvalue weighted by Gasteiger charge is 2.38. The minimum Gasteiger partial charge on any atom is -0.300 e. The van der Waals surface area contributed by atoms with Gasteiger partial charge in [0.05, 0.1) is 0 Å². The lowest BCUT2D eigenvalue weighted by Gasteiger charge is -2.36. The molecule has 1 rings (SSSR count). The number of Topliss-reactive ketones (excluding diaryl/α,β-unsaturated/α-hetero) is 2. The van der Waals surface area contributed by atoms with Crippen LogP contribution in [0, 0.1) is 17.8 Å². The Labute approximate surface area is 98.8 Å². The van der Waals surface area contributed by atoms with E-state index in [2.05, 4.69) is 13.8 Å². The van der Waals surface area contributed by atoms with Gasteiger partial charge in [-0.25, -0.2) is 0 Å². The molecule has 0 aliphatic heterocycles. The predicted molar refractivity (Wildman–Crippen MR) is 65.2 cm³/mol. The molecule has 0 radical (unpaired) electrons. The second-order valence-corrected chi connectivity index (χ2v) is 5.18. The molecule has 0 unspecified atom stereocenters. The third-order valence-electron chi connectivity index (χ3n) is 3.78. The zero-order chi connectivity index (χ0) is 12.1. The number of hydrogen-bond donors (Lipinski definition) is 0. The Morgan fingerprint density at radius 1 is 1.12 bits per heavy atom.